The van der Waals surface area contributed by atoms with Crippen molar-refractivity contribution in [2.75, 3.05) is 37.0 Å². The van der Waals surface area contributed by atoms with Gasteiger partial charge in [0.15, 0.2) is 0 Å². The molecule has 0 aliphatic heterocycles. The molecule has 2 aromatic rings. The van der Waals surface area contributed by atoms with Gasteiger partial charge < -0.3 is 20.1 Å². The zero-order valence-corrected chi connectivity index (χ0v) is 14.6. The monoisotopic (exact) mass is 366 g/mol. The molecule has 0 atom stereocenters. The number of carbonyl (C=O) groups excluding carboxylic acids is 1. The zero-order chi connectivity index (χ0) is 18.1. The van der Waals surface area contributed by atoms with Crippen molar-refractivity contribution in [1.29, 1.82) is 0 Å². The van der Waals surface area contributed by atoms with Gasteiger partial charge in [0.25, 0.3) is 0 Å². The maximum atomic E-state index is 13.1. The van der Waals surface area contributed by atoms with Gasteiger partial charge in [0, 0.05) is 24.0 Å². The second-order valence-corrected chi connectivity index (χ2v) is 5.51. The molecule has 0 saturated heterocycles. The van der Waals surface area contributed by atoms with Crippen molar-refractivity contribution in [3.8, 4) is 5.75 Å². The molecule has 0 radical (unpaired) electrons. The van der Waals surface area contributed by atoms with E-state index in [0.29, 0.717) is 36.9 Å². The summed E-state index contributed by atoms with van der Waals surface area (Å²) in [6, 6.07) is 11.3. The Labute approximate surface area is 151 Å². The van der Waals surface area contributed by atoms with E-state index in [9.17, 15) is 9.18 Å². The Bertz CT molecular complexity index is 712. The first-order chi connectivity index (χ1) is 12.1. The first-order valence-electron chi connectivity index (χ1n) is 7.88. The number of halogens is 2. The van der Waals surface area contributed by atoms with Gasteiger partial charge in [-0.05, 0) is 37.3 Å². The van der Waals surface area contributed by atoms with Crippen molar-refractivity contribution in [3.05, 3.63) is 53.3 Å². The number of carbonyl (C=O) groups is 1. The van der Waals surface area contributed by atoms with E-state index in [4.69, 9.17) is 21.1 Å². The summed E-state index contributed by atoms with van der Waals surface area (Å²) in [7, 11) is 0. The zero-order valence-electron chi connectivity index (χ0n) is 13.9. The number of nitrogens with one attached hydrogen (secondary N) is 2. The van der Waals surface area contributed by atoms with Crippen LogP contribution in [0.25, 0.3) is 0 Å². The van der Waals surface area contributed by atoms with Crippen LogP contribution in [0.4, 0.5) is 15.8 Å². The van der Waals surface area contributed by atoms with Crippen LogP contribution in [0.3, 0.4) is 0 Å². The van der Waals surface area contributed by atoms with Gasteiger partial charge in [-0.2, -0.15) is 0 Å². The quantitative estimate of drug-likeness (QED) is 0.660. The van der Waals surface area contributed by atoms with Crippen molar-refractivity contribution < 1.29 is 18.7 Å². The SMILES string of the molecule is CCOCCOc1cccc(NC(=O)CNc2ccc(F)c(Cl)c2)c1. The molecule has 0 aliphatic rings. The molecule has 25 heavy (non-hydrogen) atoms. The van der Waals surface area contributed by atoms with Crippen molar-refractivity contribution in [3.63, 3.8) is 0 Å². The highest BCUT2D eigenvalue weighted by molar-refractivity contribution is 6.31. The first kappa shape index (κ1) is 19.0. The summed E-state index contributed by atoms with van der Waals surface area (Å²) < 4.78 is 23.8. The fourth-order valence-electron chi connectivity index (χ4n) is 2.02. The third-order valence-corrected chi connectivity index (χ3v) is 3.48. The van der Waals surface area contributed by atoms with Crippen molar-refractivity contribution in [2.45, 2.75) is 6.92 Å². The number of benzene rings is 2. The minimum Gasteiger partial charge on any atom is -0.491 e. The lowest BCUT2D eigenvalue weighted by Crippen LogP contribution is -2.21. The summed E-state index contributed by atoms with van der Waals surface area (Å²) in [5.74, 6) is -0.0967. The Kier molecular flexibility index (Phi) is 7.50. The molecule has 1 amide bonds. The van der Waals surface area contributed by atoms with Gasteiger partial charge in [0.1, 0.15) is 18.2 Å². The van der Waals surface area contributed by atoms with Crippen LogP contribution in [0.1, 0.15) is 6.92 Å². The van der Waals surface area contributed by atoms with Crippen LogP contribution in [0.2, 0.25) is 5.02 Å². The van der Waals surface area contributed by atoms with Crippen LogP contribution in [-0.4, -0.2) is 32.3 Å². The maximum Gasteiger partial charge on any atom is 0.243 e. The largest absolute Gasteiger partial charge is 0.491 e. The molecular weight excluding hydrogens is 347 g/mol. The molecular formula is C18H20ClFN2O3. The van der Waals surface area contributed by atoms with Gasteiger partial charge in [-0.3, -0.25) is 4.79 Å². The van der Waals surface area contributed by atoms with E-state index in [1.807, 2.05) is 6.92 Å². The molecule has 0 fully saturated rings. The second kappa shape index (κ2) is 9.86. The predicted octanol–water partition coefficient (Wildman–Crippen LogP) is 3.95. The highest BCUT2D eigenvalue weighted by Gasteiger charge is 2.05. The molecule has 0 spiro atoms. The number of amides is 1. The van der Waals surface area contributed by atoms with Crippen molar-refractivity contribution >= 4 is 28.9 Å². The smallest absolute Gasteiger partial charge is 0.243 e. The third kappa shape index (κ3) is 6.60. The Morgan fingerprint density at radius 3 is 2.76 bits per heavy atom. The molecule has 7 heteroatoms. The molecule has 0 heterocycles. The third-order valence-electron chi connectivity index (χ3n) is 3.19. The van der Waals surface area contributed by atoms with E-state index in [-0.39, 0.29) is 17.5 Å². The van der Waals surface area contributed by atoms with Gasteiger partial charge in [0.2, 0.25) is 5.91 Å². The summed E-state index contributed by atoms with van der Waals surface area (Å²) in [6.45, 7) is 3.54. The van der Waals surface area contributed by atoms with Gasteiger partial charge >= 0.3 is 0 Å². The van der Waals surface area contributed by atoms with E-state index in [0.717, 1.165) is 0 Å². The van der Waals surface area contributed by atoms with Crippen molar-refractivity contribution in [1.82, 2.24) is 0 Å². The molecule has 0 aromatic heterocycles. The molecule has 0 unspecified atom stereocenters. The summed E-state index contributed by atoms with van der Waals surface area (Å²) in [6.07, 6.45) is 0. The van der Waals surface area contributed by atoms with Crippen LogP contribution >= 0.6 is 11.6 Å². The molecule has 0 bridgehead atoms. The van der Waals surface area contributed by atoms with Crippen LogP contribution < -0.4 is 15.4 Å². The standard InChI is InChI=1S/C18H20ClFN2O3/c1-2-24-8-9-25-15-5-3-4-14(10-15)22-18(23)12-21-13-6-7-17(20)16(19)11-13/h3-7,10-11,21H,2,8-9,12H2,1H3,(H,22,23). The van der Waals surface area contributed by atoms with E-state index in [1.54, 1.807) is 24.3 Å². The Morgan fingerprint density at radius 1 is 1.16 bits per heavy atom. The minimum absolute atomic E-state index is 0.00214. The molecule has 2 aromatic carbocycles. The second-order valence-electron chi connectivity index (χ2n) is 5.10. The van der Waals surface area contributed by atoms with Crippen LogP contribution in [0.5, 0.6) is 5.75 Å². The normalized spacial score (nSPS) is 10.4. The highest BCUT2D eigenvalue weighted by Crippen LogP contribution is 2.20. The van der Waals surface area contributed by atoms with E-state index >= 15 is 0 Å². The molecule has 0 saturated carbocycles. The highest BCUT2D eigenvalue weighted by atomic mass is 35.5. The average molecular weight is 367 g/mol. The summed E-state index contributed by atoms with van der Waals surface area (Å²) >= 11 is 5.70. The Morgan fingerprint density at radius 2 is 2.00 bits per heavy atom. The lowest BCUT2D eigenvalue weighted by atomic mass is 10.3. The first-order valence-corrected chi connectivity index (χ1v) is 8.25. The summed E-state index contributed by atoms with van der Waals surface area (Å²) in [5, 5.41) is 5.65. The van der Waals surface area contributed by atoms with Gasteiger partial charge in [0.05, 0.1) is 18.2 Å². The topological polar surface area (TPSA) is 59.6 Å². The minimum atomic E-state index is -0.502. The number of hydrogen-bond donors (Lipinski definition) is 2. The molecule has 134 valence electrons. The molecule has 5 nitrogen and oxygen atoms in total. The van der Waals surface area contributed by atoms with Crippen LogP contribution in [0, 0.1) is 5.82 Å². The fraction of sp³-hybridized carbons (Fsp3) is 0.278. The Hall–Kier alpha value is -2.31. The number of anilines is 2. The molecule has 0 aliphatic carbocycles. The fourth-order valence-corrected chi connectivity index (χ4v) is 2.20. The van der Waals surface area contributed by atoms with Gasteiger partial charge in [-0.25, -0.2) is 4.39 Å². The average Bonchev–Trinajstić information content (AvgIpc) is 2.60. The van der Waals surface area contributed by atoms with Gasteiger partial charge in [-0.15, -0.1) is 0 Å². The van der Waals surface area contributed by atoms with E-state index in [2.05, 4.69) is 10.6 Å². The lowest BCUT2D eigenvalue weighted by Gasteiger charge is -2.10. The summed E-state index contributed by atoms with van der Waals surface area (Å²) in [4.78, 5) is 12.0. The Balaban J connectivity index is 1.82. The van der Waals surface area contributed by atoms with Crippen LogP contribution in [-0.2, 0) is 9.53 Å². The molecule has 2 rings (SSSR count). The molecule has 2 N–H and O–H groups in total. The van der Waals surface area contributed by atoms with E-state index in [1.165, 1.54) is 18.2 Å². The predicted molar refractivity (Wildman–Crippen MR) is 97.0 cm³/mol. The van der Waals surface area contributed by atoms with Crippen LogP contribution in [0.15, 0.2) is 42.5 Å². The van der Waals surface area contributed by atoms with Crippen molar-refractivity contribution in [2.24, 2.45) is 0 Å². The number of ether oxygens (including phenoxy) is 2. The number of rotatable bonds is 9. The lowest BCUT2D eigenvalue weighted by molar-refractivity contribution is -0.114. The van der Waals surface area contributed by atoms with Gasteiger partial charge in [-0.1, -0.05) is 17.7 Å². The summed E-state index contributed by atoms with van der Waals surface area (Å²) in [5.41, 5.74) is 1.19. The number of hydrogen-bond acceptors (Lipinski definition) is 4. The maximum absolute atomic E-state index is 13.1. The van der Waals surface area contributed by atoms with E-state index < -0.39 is 5.82 Å².